The van der Waals surface area contributed by atoms with Crippen molar-refractivity contribution < 1.29 is 19.1 Å². The van der Waals surface area contributed by atoms with Crippen LogP contribution in [0.1, 0.15) is 23.2 Å². The number of amides is 2. The van der Waals surface area contributed by atoms with Crippen LogP contribution in [0.15, 0.2) is 18.2 Å². The Morgan fingerprint density at radius 2 is 1.86 bits per heavy atom. The Kier molecular flexibility index (Phi) is 7.70. The minimum atomic E-state index is -0.428. The van der Waals surface area contributed by atoms with Gasteiger partial charge in [0.1, 0.15) is 0 Å². The molecular formula is C14H16Cl2N2O4. The van der Waals surface area contributed by atoms with Gasteiger partial charge in [0.2, 0.25) is 5.91 Å². The van der Waals surface area contributed by atoms with E-state index in [-0.39, 0.29) is 29.9 Å². The van der Waals surface area contributed by atoms with Crippen LogP contribution < -0.4 is 10.6 Å². The maximum Gasteiger partial charge on any atom is 0.305 e. The summed E-state index contributed by atoms with van der Waals surface area (Å²) in [6.07, 6.45) is 0.700. The Labute approximate surface area is 138 Å². The minimum Gasteiger partial charge on any atom is -0.469 e. The van der Waals surface area contributed by atoms with Gasteiger partial charge in [-0.05, 0) is 24.6 Å². The van der Waals surface area contributed by atoms with Crippen LogP contribution in [0, 0.1) is 0 Å². The number of methoxy groups -OCH3 is 1. The van der Waals surface area contributed by atoms with Crippen LogP contribution >= 0.6 is 23.2 Å². The fraction of sp³-hybridized carbons (Fsp3) is 0.357. The van der Waals surface area contributed by atoms with Gasteiger partial charge in [-0.1, -0.05) is 23.2 Å². The van der Waals surface area contributed by atoms with Gasteiger partial charge < -0.3 is 15.4 Å². The van der Waals surface area contributed by atoms with E-state index in [4.69, 9.17) is 23.2 Å². The molecule has 0 aromatic heterocycles. The van der Waals surface area contributed by atoms with Crippen LogP contribution in [-0.4, -0.2) is 38.0 Å². The lowest BCUT2D eigenvalue weighted by molar-refractivity contribution is -0.140. The number of carbonyl (C=O) groups excluding carboxylic acids is 3. The van der Waals surface area contributed by atoms with E-state index in [0.717, 1.165) is 0 Å². The predicted molar refractivity (Wildman–Crippen MR) is 83.1 cm³/mol. The van der Waals surface area contributed by atoms with E-state index < -0.39 is 5.91 Å². The first kappa shape index (κ1) is 18.3. The number of rotatable bonds is 7. The summed E-state index contributed by atoms with van der Waals surface area (Å²) in [4.78, 5) is 34.2. The molecule has 1 aromatic rings. The van der Waals surface area contributed by atoms with E-state index in [1.165, 1.54) is 25.3 Å². The number of benzene rings is 1. The highest BCUT2D eigenvalue weighted by atomic mass is 35.5. The van der Waals surface area contributed by atoms with Gasteiger partial charge in [-0.2, -0.15) is 0 Å². The molecule has 0 aliphatic heterocycles. The lowest BCUT2D eigenvalue weighted by Crippen LogP contribution is -2.37. The molecule has 1 aromatic carbocycles. The molecule has 2 amide bonds. The predicted octanol–water partition coefficient (Wildman–Crippen LogP) is 1.79. The summed E-state index contributed by atoms with van der Waals surface area (Å²) in [7, 11) is 1.31. The first-order valence-electron chi connectivity index (χ1n) is 6.50. The summed E-state index contributed by atoms with van der Waals surface area (Å²) in [5.74, 6) is -1.11. The highest BCUT2D eigenvalue weighted by Crippen LogP contribution is 2.22. The fourth-order valence-electron chi connectivity index (χ4n) is 1.53. The zero-order chi connectivity index (χ0) is 16.5. The van der Waals surface area contributed by atoms with Gasteiger partial charge in [-0.15, -0.1) is 0 Å². The molecule has 0 fully saturated rings. The smallest absolute Gasteiger partial charge is 0.305 e. The van der Waals surface area contributed by atoms with Gasteiger partial charge >= 0.3 is 5.97 Å². The Balaban J connectivity index is 2.30. The Bertz CT molecular complexity index is 564. The molecule has 0 spiro atoms. The van der Waals surface area contributed by atoms with Gasteiger partial charge in [0.15, 0.2) is 0 Å². The number of halogens is 2. The second-order valence-electron chi connectivity index (χ2n) is 4.34. The molecule has 0 atom stereocenters. The van der Waals surface area contributed by atoms with E-state index >= 15 is 0 Å². The standard InChI is InChI=1S/C14H16Cl2N2O4/c1-22-13(20)3-2-6-17-12(19)8-18-14(21)9-4-5-10(15)11(16)7-9/h4-5,7H,2-3,6,8H2,1H3,(H,17,19)(H,18,21). The van der Waals surface area contributed by atoms with Crippen LogP contribution in [0.4, 0.5) is 0 Å². The molecule has 0 radical (unpaired) electrons. The maximum atomic E-state index is 11.8. The molecule has 22 heavy (non-hydrogen) atoms. The van der Waals surface area contributed by atoms with E-state index in [9.17, 15) is 14.4 Å². The summed E-state index contributed by atoms with van der Waals surface area (Å²) in [6, 6.07) is 4.44. The quantitative estimate of drug-likeness (QED) is 0.582. The molecule has 1 rings (SSSR count). The molecule has 6 nitrogen and oxygen atoms in total. The molecule has 0 saturated carbocycles. The Morgan fingerprint density at radius 3 is 2.50 bits per heavy atom. The minimum absolute atomic E-state index is 0.169. The van der Waals surface area contributed by atoms with Crippen molar-refractivity contribution in [3.05, 3.63) is 33.8 Å². The molecule has 120 valence electrons. The normalized spacial score (nSPS) is 9.95. The topological polar surface area (TPSA) is 84.5 Å². The molecule has 0 heterocycles. The molecule has 0 aliphatic carbocycles. The van der Waals surface area contributed by atoms with Crippen LogP contribution in [0.2, 0.25) is 10.0 Å². The average Bonchev–Trinajstić information content (AvgIpc) is 2.51. The second-order valence-corrected chi connectivity index (χ2v) is 5.16. The summed E-state index contributed by atoms with van der Waals surface area (Å²) >= 11 is 11.6. The summed E-state index contributed by atoms with van der Waals surface area (Å²) in [6.45, 7) is 0.161. The van der Waals surface area contributed by atoms with Gasteiger partial charge in [-0.3, -0.25) is 14.4 Å². The first-order valence-corrected chi connectivity index (χ1v) is 7.26. The molecule has 0 saturated heterocycles. The number of esters is 1. The van der Waals surface area contributed by atoms with Crippen molar-refractivity contribution >= 4 is 41.0 Å². The lowest BCUT2D eigenvalue weighted by Gasteiger charge is -2.07. The van der Waals surface area contributed by atoms with Crippen molar-refractivity contribution in [2.45, 2.75) is 12.8 Å². The van der Waals surface area contributed by atoms with Gasteiger partial charge in [-0.25, -0.2) is 0 Å². The van der Waals surface area contributed by atoms with Crippen molar-refractivity contribution in [1.29, 1.82) is 0 Å². The zero-order valence-corrected chi connectivity index (χ0v) is 13.5. The van der Waals surface area contributed by atoms with Crippen LogP contribution in [-0.2, 0) is 14.3 Å². The fourth-order valence-corrected chi connectivity index (χ4v) is 1.82. The largest absolute Gasteiger partial charge is 0.469 e. The van der Waals surface area contributed by atoms with Gasteiger partial charge in [0, 0.05) is 18.5 Å². The van der Waals surface area contributed by atoms with Crippen molar-refractivity contribution in [2.75, 3.05) is 20.2 Å². The van der Waals surface area contributed by atoms with Crippen molar-refractivity contribution in [2.24, 2.45) is 0 Å². The van der Waals surface area contributed by atoms with E-state index in [2.05, 4.69) is 15.4 Å². The monoisotopic (exact) mass is 346 g/mol. The van der Waals surface area contributed by atoms with Crippen LogP contribution in [0.5, 0.6) is 0 Å². The third-order valence-corrected chi connectivity index (χ3v) is 3.44. The number of hydrogen-bond donors (Lipinski definition) is 2. The average molecular weight is 347 g/mol. The van der Waals surface area contributed by atoms with E-state index in [0.29, 0.717) is 23.6 Å². The second kappa shape index (κ2) is 9.27. The molecule has 0 bridgehead atoms. The third-order valence-electron chi connectivity index (χ3n) is 2.70. The van der Waals surface area contributed by atoms with Crippen molar-refractivity contribution in [3.8, 4) is 0 Å². The molecule has 0 aliphatic rings. The van der Waals surface area contributed by atoms with Crippen molar-refractivity contribution in [1.82, 2.24) is 10.6 Å². The van der Waals surface area contributed by atoms with Crippen molar-refractivity contribution in [3.63, 3.8) is 0 Å². The number of hydrogen-bond acceptors (Lipinski definition) is 4. The Morgan fingerprint density at radius 1 is 1.14 bits per heavy atom. The number of ether oxygens (including phenoxy) is 1. The summed E-state index contributed by atoms with van der Waals surface area (Å²) in [5, 5.41) is 5.66. The highest BCUT2D eigenvalue weighted by molar-refractivity contribution is 6.42. The van der Waals surface area contributed by atoms with Gasteiger partial charge in [0.25, 0.3) is 5.91 Å². The first-order chi connectivity index (χ1) is 10.4. The summed E-state index contributed by atoms with van der Waals surface area (Å²) in [5.41, 5.74) is 0.313. The molecule has 2 N–H and O–H groups in total. The zero-order valence-electron chi connectivity index (χ0n) is 11.9. The Hall–Kier alpha value is -1.79. The van der Waals surface area contributed by atoms with Crippen LogP contribution in [0.25, 0.3) is 0 Å². The van der Waals surface area contributed by atoms with Gasteiger partial charge in [0.05, 0.1) is 23.7 Å². The van der Waals surface area contributed by atoms with Crippen LogP contribution in [0.3, 0.4) is 0 Å². The SMILES string of the molecule is COC(=O)CCCNC(=O)CNC(=O)c1ccc(Cl)c(Cl)c1. The molecular weight excluding hydrogens is 331 g/mol. The molecule has 0 unspecified atom stereocenters. The number of carbonyl (C=O) groups is 3. The number of nitrogens with one attached hydrogen (secondary N) is 2. The van der Waals surface area contributed by atoms with E-state index in [1.807, 2.05) is 0 Å². The molecule has 8 heteroatoms. The lowest BCUT2D eigenvalue weighted by atomic mass is 10.2. The summed E-state index contributed by atoms with van der Waals surface area (Å²) < 4.78 is 4.47. The van der Waals surface area contributed by atoms with E-state index in [1.54, 1.807) is 0 Å². The third kappa shape index (κ3) is 6.32. The maximum absolute atomic E-state index is 11.8. The highest BCUT2D eigenvalue weighted by Gasteiger charge is 2.09.